The van der Waals surface area contributed by atoms with Crippen molar-refractivity contribution in [1.29, 1.82) is 0 Å². The number of imidazole rings is 1. The topological polar surface area (TPSA) is 40.7 Å². The SMILES string of the molecule is CCCCNc1nc2ccccc2[nH]1.Cl. The second-order valence-corrected chi connectivity index (χ2v) is 3.38. The summed E-state index contributed by atoms with van der Waals surface area (Å²) >= 11 is 0. The van der Waals surface area contributed by atoms with Crippen LogP contribution in [-0.4, -0.2) is 16.5 Å². The van der Waals surface area contributed by atoms with Gasteiger partial charge in [0.25, 0.3) is 0 Å². The Kier molecular flexibility index (Phi) is 4.43. The molecular weight excluding hydrogens is 210 g/mol. The predicted molar refractivity (Wildman–Crippen MR) is 66.7 cm³/mol. The molecular formula is C11H16ClN3. The molecule has 0 radical (unpaired) electrons. The molecule has 1 aromatic heterocycles. The van der Waals surface area contributed by atoms with E-state index in [0.29, 0.717) is 0 Å². The fraction of sp³-hybridized carbons (Fsp3) is 0.364. The van der Waals surface area contributed by atoms with Crippen LogP contribution in [0.3, 0.4) is 0 Å². The zero-order valence-corrected chi connectivity index (χ0v) is 9.60. The van der Waals surface area contributed by atoms with Crippen LogP contribution in [0.25, 0.3) is 11.0 Å². The number of nitrogens with zero attached hydrogens (tertiary/aromatic N) is 1. The summed E-state index contributed by atoms with van der Waals surface area (Å²) in [5, 5.41) is 3.27. The standard InChI is InChI=1S/C11H15N3.ClH/c1-2-3-8-12-11-13-9-6-4-5-7-10(9)14-11;/h4-7H,2-3,8H2,1H3,(H2,12,13,14);1H. The molecule has 15 heavy (non-hydrogen) atoms. The van der Waals surface area contributed by atoms with Crippen LogP contribution < -0.4 is 5.32 Å². The van der Waals surface area contributed by atoms with Gasteiger partial charge in [0.1, 0.15) is 0 Å². The van der Waals surface area contributed by atoms with Gasteiger partial charge in [0.2, 0.25) is 5.95 Å². The Balaban J connectivity index is 0.00000112. The van der Waals surface area contributed by atoms with Crippen molar-refractivity contribution in [2.24, 2.45) is 0 Å². The summed E-state index contributed by atoms with van der Waals surface area (Å²) in [4.78, 5) is 7.65. The maximum Gasteiger partial charge on any atom is 0.201 e. The fourth-order valence-corrected chi connectivity index (χ4v) is 1.42. The van der Waals surface area contributed by atoms with Gasteiger partial charge in [0.05, 0.1) is 11.0 Å². The van der Waals surface area contributed by atoms with Crippen molar-refractivity contribution in [3.8, 4) is 0 Å². The number of H-pyrrole nitrogens is 1. The van der Waals surface area contributed by atoms with E-state index < -0.39 is 0 Å². The molecule has 0 spiro atoms. The number of fused-ring (bicyclic) bond motifs is 1. The lowest BCUT2D eigenvalue weighted by atomic mass is 10.3. The second-order valence-electron chi connectivity index (χ2n) is 3.38. The van der Waals surface area contributed by atoms with E-state index in [9.17, 15) is 0 Å². The highest BCUT2D eigenvalue weighted by Gasteiger charge is 1.99. The molecule has 0 atom stereocenters. The third-order valence-electron chi connectivity index (χ3n) is 2.21. The van der Waals surface area contributed by atoms with E-state index in [0.717, 1.165) is 23.5 Å². The highest BCUT2D eigenvalue weighted by Crippen LogP contribution is 2.12. The van der Waals surface area contributed by atoms with Crippen molar-refractivity contribution in [3.63, 3.8) is 0 Å². The summed E-state index contributed by atoms with van der Waals surface area (Å²) in [6.07, 6.45) is 2.38. The van der Waals surface area contributed by atoms with Crippen molar-refractivity contribution in [3.05, 3.63) is 24.3 Å². The van der Waals surface area contributed by atoms with Gasteiger partial charge in [-0.2, -0.15) is 0 Å². The van der Waals surface area contributed by atoms with Gasteiger partial charge in [-0.3, -0.25) is 0 Å². The zero-order chi connectivity index (χ0) is 9.80. The van der Waals surface area contributed by atoms with E-state index in [-0.39, 0.29) is 12.4 Å². The average molecular weight is 226 g/mol. The maximum absolute atomic E-state index is 4.42. The molecule has 0 saturated heterocycles. The van der Waals surface area contributed by atoms with Gasteiger partial charge >= 0.3 is 0 Å². The third-order valence-corrected chi connectivity index (χ3v) is 2.21. The van der Waals surface area contributed by atoms with E-state index in [1.807, 2.05) is 24.3 Å². The van der Waals surface area contributed by atoms with E-state index in [4.69, 9.17) is 0 Å². The lowest BCUT2D eigenvalue weighted by Gasteiger charge is -1.98. The largest absolute Gasteiger partial charge is 0.356 e. The molecule has 1 heterocycles. The van der Waals surface area contributed by atoms with Crippen molar-refractivity contribution < 1.29 is 0 Å². The van der Waals surface area contributed by atoms with E-state index in [1.165, 1.54) is 12.8 Å². The molecule has 2 aromatic rings. The van der Waals surface area contributed by atoms with Gasteiger partial charge in [-0.25, -0.2) is 4.98 Å². The molecule has 0 fully saturated rings. The third kappa shape index (κ3) is 2.86. The summed E-state index contributed by atoms with van der Waals surface area (Å²) < 4.78 is 0. The Morgan fingerprint density at radius 1 is 1.33 bits per heavy atom. The maximum atomic E-state index is 4.42. The Morgan fingerprint density at radius 3 is 2.87 bits per heavy atom. The van der Waals surface area contributed by atoms with Crippen LogP contribution in [0.2, 0.25) is 0 Å². The minimum atomic E-state index is 0. The molecule has 2 rings (SSSR count). The first kappa shape index (κ1) is 11.9. The average Bonchev–Trinajstić information content (AvgIpc) is 2.60. The number of aromatic amines is 1. The number of hydrogen-bond acceptors (Lipinski definition) is 2. The van der Waals surface area contributed by atoms with Gasteiger partial charge in [-0.15, -0.1) is 12.4 Å². The highest BCUT2D eigenvalue weighted by atomic mass is 35.5. The molecule has 0 saturated carbocycles. The predicted octanol–water partition coefficient (Wildman–Crippen LogP) is 3.20. The first-order chi connectivity index (χ1) is 6.90. The summed E-state index contributed by atoms with van der Waals surface area (Å²) in [6, 6.07) is 8.06. The van der Waals surface area contributed by atoms with Gasteiger partial charge < -0.3 is 10.3 Å². The minimum Gasteiger partial charge on any atom is -0.356 e. The number of aromatic nitrogens is 2. The number of halogens is 1. The van der Waals surface area contributed by atoms with Crippen LogP contribution in [0.4, 0.5) is 5.95 Å². The van der Waals surface area contributed by atoms with Crippen LogP contribution in [0.15, 0.2) is 24.3 Å². The van der Waals surface area contributed by atoms with Gasteiger partial charge in [0.15, 0.2) is 0 Å². The number of nitrogens with one attached hydrogen (secondary N) is 2. The molecule has 0 aliphatic carbocycles. The Morgan fingerprint density at radius 2 is 2.13 bits per heavy atom. The molecule has 0 amide bonds. The van der Waals surface area contributed by atoms with Crippen LogP contribution in [0, 0.1) is 0 Å². The molecule has 3 nitrogen and oxygen atoms in total. The van der Waals surface area contributed by atoms with E-state index in [1.54, 1.807) is 0 Å². The van der Waals surface area contributed by atoms with Crippen LogP contribution >= 0.6 is 12.4 Å². The number of anilines is 1. The first-order valence-corrected chi connectivity index (χ1v) is 5.09. The fourth-order valence-electron chi connectivity index (χ4n) is 1.42. The van der Waals surface area contributed by atoms with Crippen molar-refractivity contribution in [2.45, 2.75) is 19.8 Å². The van der Waals surface area contributed by atoms with Crippen LogP contribution in [0.1, 0.15) is 19.8 Å². The number of para-hydroxylation sites is 2. The Hall–Kier alpha value is -1.22. The van der Waals surface area contributed by atoms with Gasteiger partial charge in [-0.1, -0.05) is 25.5 Å². The second kappa shape index (κ2) is 5.61. The number of hydrogen-bond donors (Lipinski definition) is 2. The Bertz CT molecular complexity index is 378. The van der Waals surface area contributed by atoms with Crippen molar-refractivity contribution in [1.82, 2.24) is 9.97 Å². The smallest absolute Gasteiger partial charge is 0.201 e. The van der Waals surface area contributed by atoms with E-state index in [2.05, 4.69) is 22.2 Å². The minimum absolute atomic E-state index is 0. The lowest BCUT2D eigenvalue weighted by molar-refractivity contribution is 0.829. The highest BCUT2D eigenvalue weighted by molar-refractivity contribution is 5.85. The quantitative estimate of drug-likeness (QED) is 0.785. The normalized spacial score (nSPS) is 9.93. The molecule has 4 heteroatoms. The number of rotatable bonds is 4. The summed E-state index contributed by atoms with van der Waals surface area (Å²) in [5.41, 5.74) is 2.11. The molecule has 82 valence electrons. The first-order valence-electron chi connectivity index (χ1n) is 5.09. The summed E-state index contributed by atoms with van der Waals surface area (Å²) in [5.74, 6) is 0.875. The van der Waals surface area contributed by atoms with Gasteiger partial charge in [0, 0.05) is 6.54 Å². The summed E-state index contributed by atoms with van der Waals surface area (Å²) in [7, 11) is 0. The lowest BCUT2D eigenvalue weighted by Crippen LogP contribution is -2.01. The molecule has 1 aromatic carbocycles. The van der Waals surface area contributed by atoms with Gasteiger partial charge in [-0.05, 0) is 18.6 Å². The van der Waals surface area contributed by atoms with Crippen LogP contribution in [0.5, 0.6) is 0 Å². The Labute approximate surface area is 95.7 Å². The molecule has 0 aliphatic rings. The monoisotopic (exact) mass is 225 g/mol. The summed E-state index contributed by atoms with van der Waals surface area (Å²) in [6.45, 7) is 3.16. The molecule has 0 unspecified atom stereocenters. The molecule has 2 N–H and O–H groups in total. The number of unbranched alkanes of at least 4 members (excludes halogenated alkanes) is 1. The van der Waals surface area contributed by atoms with Crippen LogP contribution in [-0.2, 0) is 0 Å². The molecule has 0 bridgehead atoms. The molecule has 0 aliphatic heterocycles. The zero-order valence-electron chi connectivity index (χ0n) is 8.79. The number of benzene rings is 1. The van der Waals surface area contributed by atoms with E-state index >= 15 is 0 Å². The van der Waals surface area contributed by atoms with Crippen molar-refractivity contribution >= 4 is 29.4 Å². The van der Waals surface area contributed by atoms with Crippen molar-refractivity contribution in [2.75, 3.05) is 11.9 Å².